The molecule has 0 aromatic rings. The van der Waals surface area contributed by atoms with Gasteiger partial charge in [-0.05, 0) is 13.5 Å². The number of rotatable bonds is 1. The van der Waals surface area contributed by atoms with Gasteiger partial charge in [0.2, 0.25) is 0 Å². The van der Waals surface area contributed by atoms with Gasteiger partial charge in [-0.15, -0.1) is 0 Å². The number of nitrogens with one attached hydrogen (secondary N) is 1. The van der Waals surface area contributed by atoms with Crippen LogP contribution in [0.5, 0.6) is 0 Å². The lowest BCUT2D eigenvalue weighted by Gasteiger charge is -2.17. The predicted octanol–water partition coefficient (Wildman–Crippen LogP) is 0.369. The number of halogens is 3. The number of likely N-dealkylation sites (tertiary alicyclic amines) is 1. The smallest absolute Gasteiger partial charge is 0.333 e. The Balaban J connectivity index is 2.52. The van der Waals surface area contributed by atoms with Crippen molar-refractivity contribution in [2.75, 3.05) is 20.1 Å². The lowest BCUT2D eigenvalue weighted by Crippen LogP contribution is -2.41. The monoisotopic (exact) mass is 196 g/mol. The minimum atomic E-state index is -4.73. The van der Waals surface area contributed by atoms with E-state index in [9.17, 15) is 18.0 Å². The second kappa shape index (κ2) is 3.53. The maximum atomic E-state index is 11.9. The van der Waals surface area contributed by atoms with Gasteiger partial charge in [-0.25, -0.2) is 0 Å². The van der Waals surface area contributed by atoms with Gasteiger partial charge in [-0.3, -0.25) is 4.79 Å². The van der Waals surface area contributed by atoms with Gasteiger partial charge in [0.25, 0.3) is 0 Å². The molecule has 3 nitrogen and oxygen atoms in total. The van der Waals surface area contributed by atoms with E-state index in [0.717, 1.165) is 4.90 Å². The summed E-state index contributed by atoms with van der Waals surface area (Å²) in [7, 11) is 1.67. The second-order valence-electron chi connectivity index (χ2n) is 3.02. The number of hydrogen-bond acceptors (Lipinski definition) is 2. The van der Waals surface area contributed by atoms with E-state index in [4.69, 9.17) is 0 Å². The van der Waals surface area contributed by atoms with Crippen molar-refractivity contribution in [2.45, 2.75) is 18.6 Å². The van der Waals surface area contributed by atoms with E-state index in [2.05, 4.69) is 5.32 Å². The van der Waals surface area contributed by atoms with Gasteiger partial charge in [-0.1, -0.05) is 0 Å². The summed E-state index contributed by atoms with van der Waals surface area (Å²) in [5.74, 6) is -1.73. The minimum absolute atomic E-state index is 0.00806. The standard InChI is InChI=1S/C7H11F3N2O/c1-11-5-2-3-12(4-5)6(13)7(8,9)10/h5,11H,2-4H2,1H3/t5-/m1/s1. The first-order valence-electron chi connectivity index (χ1n) is 3.98. The van der Waals surface area contributed by atoms with E-state index in [-0.39, 0.29) is 19.1 Å². The van der Waals surface area contributed by atoms with Gasteiger partial charge in [0.1, 0.15) is 0 Å². The van der Waals surface area contributed by atoms with E-state index < -0.39 is 12.1 Å². The van der Waals surface area contributed by atoms with Gasteiger partial charge in [-0.2, -0.15) is 13.2 Å². The first-order valence-corrected chi connectivity index (χ1v) is 3.98. The van der Waals surface area contributed by atoms with E-state index in [1.165, 1.54) is 0 Å². The van der Waals surface area contributed by atoms with E-state index in [1.54, 1.807) is 7.05 Å². The number of hydrogen-bond donors (Lipinski definition) is 1. The normalized spacial score (nSPS) is 23.7. The summed E-state index contributed by atoms with van der Waals surface area (Å²) in [4.78, 5) is 11.5. The fraction of sp³-hybridized carbons (Fsp3) is 0.857. The highest BCUT2D eigenvalue weighted by atomic mass is 19.4. The quantitative estimate of drug-likeness (QED) is 0.657. The molecule has 0 spiro atoms. The first-order chi connectivity index (χ1) is 5.95. The van der Waals surface area contributed by atoms with Crippen LogP contribution >= 0.6 is 0 Å². The fourth-order valence-corrected chi connectivity index (χ4v) is 1.36. The highest BCUT2D eigenvalue weighted by Gasteiger charge is 2.44. The summed E-state index contributed by atoms with van der Waals surface area (Å²) in [6.07, 6.45) is -4.15. The van der Waals surface area contributed by atoms with Crippen molar-refractivity contribution in [3.63, 3.8) is 0 Å². The first kappa shape index (κ1) is 10.3. The third-order valence-electron chi connectivity index (χ3n) is 2.13. The topological polar surface area (TPSA) is 32.3 Å². The molecule has 0 radical (unpaired) electrons. The third-order valence-corrected chi connectivity index (χ3v) is 2.13. The molecule has 0 aromatic heterocycles. The van der Waals surface area contributed by atoms with Crippen molar-refractivity contribution in [1.29, 1.82) is 0 Å². The zero-order valence-corrected chi connectivity index (χ0v) is 7.19. The number of alkyl halides is 3. The second-order valence-corrected chi connectivity index (χ2v) is 3.02. The zero-order chi connectivity index (χ0) is 10.1. The third kappa shape index (κ3) is 2.33. The highest BCUT2D eigenvalue weighted by molar-refractivity contribution is 5.82. The molecular weight excluding hydrogens is 185 g/mol. The Labute approximate surface area is 73.9 Å². The Kier molecular flexibility index (Phi) is 2.80. The summed E-state index contributed by atoms with van der Waals surface area (Å²) in [5.41, 5.74) is 0. The molecule has 76 valence electrons. The average molecular weight is 196 g/mol. The Morgan fingerprint density at radius 2 is 2.15 bits per heavy atom. The van der Waals surface area contributed by atoms with Crippen LogP contribution in [-0.2, 0) is 4.79 Å². The van der Waals surface area contributed by atoms with E-state index >= 15 is 0 Å². The van der Waals surface area contributed by atoms with Crippen LogP contribution in [0.2, 0.25) is 0 Å². The lowest BCUT2D eigenvalue weighted by atomic mass is 10.3. The van der Waals surface area contributed by atoms with Gasteiger partial charge < -0.3 is 10.2 Å². The van der Waals surface area contributed by atoms with Crippen molar-refractivity contribution < 1.29 is 18.0 Å². The summed E-state index contributed by atoms with van der Waals surface area (Å²) in [5, 5.41) is 2.84. The van der Waals surface area contributed by atoms with Crippen LogP contribution < -0.4 is 5.32 Å². The van der Waals surface area contributed by atoms with E-state index in [0.29, 0.717) is 6.42 Å². The van der Waals surface area contributed by atoms with Gasteiger partial charge in [0.05, 0.1) is 0 Å². The Bertz CT molecular complexity index is 204. The summed E-state index contributed by atoms with van der Waals surface area (Å²) in [6, 6.07) is -0.00806. The molecule has 1 saturated heterocycles. The van der Waals surface area contributed by atoms with Crippen LogP contribution in [0.3, 0.4) is 0 Å². The Hall–Kier alpha value is -0.780. The van der Waals surface area contributed by atoms with Crippen LogP contribution in [0.1, 0.15) is 6.42 Å². The molecule has 1 atom stereocenters. The van der Waals surface area contributed by atoms with Crippen molar-refractivity contribution in [3.05, 3.63) is 0 Å². The minimum Gasteiger partial charge on any atom is -0.333 e. The molecule has 0 aliphatic carbocycles. The molecule has 1 amide bonds. The van der Waals surface area contributed by atoms with Crippen LogP contribution in [0.4, 0.5) is 13.2 Å². The summed E-state index contributed by atoms with van der Waals surface area (Å²) >= 11 is 0. The average Bonchev–Trinajstić information content (AvgIpc) is 2.48. The molecule has 1 aliphatic rings. The number of likely N-dealkylation sites (N-methyl/N-ethyl adjacent to an activating group) is 1. The molecule has 0 saturated carbocycles. The largest absolute Gasteiger partial charge is 0.471 e. The van der Waals surface area contributed by atoms with E-state index in [1.807, 2.05) is 0 Å². The maximum Gasteiger partial charge on any atom is 0.471 e. The lowest BCUT2D eigenvalue weighted by molar-refractivity contribution is -0.184. The molecule has 1 heterocycles. The molecule has 1 rings (SSSR count). The van der Waals surface area contributed by atoms with Crippen LogP contribution in [0.15, 0.2) is 0 Å². The summed E-state index contributed by atoms with van der Waals surface area (Å²) < 4.78 is 35.8. The Morgan fingerprint density at radius 1 is 1.54 bits per heavy atom. The predicted molar refractivity (Wildman–Crippen MR) is 40.1 cm³/mol. The molecule has 1 N–H and O–H groups in total. The molecular formula is C7H11F3N2O. The molecule has 1 fully saturated rings. The molecule has 0 unspecified atom stereocenters. The number of carbonyl (C=O) groups excluding carboxylic acids is 1. The molecule has 0 bridgehead atoms. The molecule has 6 heteroatoms. The van der Waals surface area contributed by atoms with Crippen LogP contribution in [-0.4, -0.2) is 43.2 Å². The maximum absolute atomic E-state index is 11.9. The number of carbonyl (C=O) groups is 1. The van der Waals surface area contributed by atoms with Gasteiger partial charge in [0, 0.05) is 19.1 Å². The Morgan fingerprint density at radius 3 is 2.54 bits per heavy atom. The van der Waals surface area contributed by atoms with Crippen LogP contribution in [0, 0.1) is 0 Å². The molecule has 1 aliphatic heterocycles. The van der Waals surface area contributed by atoms with Crippen molar-refractivity contribution in [2.24, 2.45) is 0 Å². The van der Waals surface area contributed by atoms with Crippen molar-refractivity contribution in [1.82, 2.24) is 10.2 Å². The molecule has 0 aromatic carbocycles. The fourth-order valence-electron chi connectivity index (χ4n) is 1.36. The van der Waals surface area contributed by atoms with Crippen molar-refractivity contribution in [3.8, 4) is 0 Å². The van der Waals surface area contributed by atoms with Crippen LogP contribution in [0.25, 0.3) is 0 Å². The molecule has 13 heavy (non-hydrogen) atoms. The number of nitrogens with zero attached hydrogens (tertiary/aromatic N) is 1. The summed E-state index contributed by atoms with van der Waals surface area (Å²) in [6.45, 7) is 0.332. The van der Waals surface area contributed by atoms with Crippen molar-refractivity contribution >= 4 is 5.91 Å². The highest BCUT2D eigenvalue weighted by Crippen LogP contribution is 2.21. The van der Waals surface area contributed by atoms with Gasteiger partial charge >= 0.3 is 12.1 Å². The number of amides is 1. The van der Waals surface area contributed by atoms with Gasteiger partial charge in [0.15, 0.2) is 0 Å². The SMILES string of the molecule is CN[C@@H]1CCN(C(=O)C(F)(F)F)C1. The zero-order valence-electron chi connectivity index (χ0n) is 7.19.